The maximum absolute atomic E-state index is 12.4. The van der Waals surface area contributed by atoms with Crippen LogP contribution in [0.3, 0.4) is 0 Å². The maximum atomic E-state index is 12.4. The molecule has 1 rings (SSSR count). The third kappa shape index (κ3) is 16.6. The number of hydrogen-bond donors (Lipinski definition) is 4. The van der Waals surface area contributed by atoms with E-state index in [-0.39, 0.29) is 11.5 Å². The van der Waals surface area contributed by atoms with Crippen LogP contribution in [0.2, 0.25) is 0 Å². The highest BCUT2D eigenvalue weighted by Gasteiger charge is 2.20. The molecule has 1 aromatic carbocycles. The minimum absolute atomic E-state index is 0.161. The Bertz CT molecular complexity index is 827. The predicted octanol–water partition coefficient (Wildman–Crippen LogP) is 5.59. The zero-order valence-electron chi connectivity index (χ0n) is 24.8. The monoisotopic (exact) mass is 562 g/mol. The van der Waals surface area contributed by atoms with Crippen molar-refractivity contribution in [2.45, 2.75) is 117 Å². The van der Waals surface area contributed by atoms with Crippen LogP contribution in [0, 0.1) is 0 Å². The summed E-state index contributed by atoms with van der Waals surface area (Å²) >= 11 is 0. The van der Waals surface area contributed by atoms with Crippen molar-refractivity contribution in [1.82, 2.24) is 21.3 Å². The Morgan fingerprint density at radius 1 is 0.625 bits per heavy atom. The number of hydrogen-bond acceptors (Lipinski definition) is 6. The first kappa shape index (κ1) is 34.7. The standard InChI is InChI=1S/C30H50N4O6/c1-5-7-9-11-13-15-20-31-29(37)33-23(3)27(35)39-25-18-17-19-26(22-25)40-28(36)24(4)34-30(38)32-21-16-14-12-10-8-6-2/h17-19,22-24H,5-16,20-21H2,1-4H3,(H2,31,33,37)(H2,32,34,38)/t23-,24-/m0/s1. The van der Waals surface area contributed by atoms with Gasteiger partial charge in [-0.25, -0.2) is 19.2 Å². The van der Waals surface area contributed by atoms with Gasteiger partial charge in [0.1, 0.15) is 23.6 Å². The van der Waals surface area contributed by atoms with E-state index >= 15 is 0 Å². The molecule has 0 aliphatic heterocycles. The molecular weight excluding hydrogens is 512 g/mol. The Kier molecular flexibility index (Phi) is 18.7. The van der Waals surface area contributed by atoms with E-state index in [0.717, 1.165) is 38.5 Å². The molecule has 0 saturated carbocycles. The van der Waals surface area contributed by atoms with E-state index in [1.165, 1.54) is 70.6 Å². The molecule has 0 saturated heterocycles. The number of nitrogens with one attached hydrogen (secondary N) is 4. The number of carbonyl (C=O) groups excluding carboxylic acids is 4. The highest BCUT2D eigenvalue weighted by atomic mass is 16.5. The maximum Gasteiger partial charge on any atom is 0.333 e. The lowest BCUT2D eigenvalue weighted by molar-refractivity contribution is -0.136. The van der Waals surface area contributed by atoms with Gasteiger partial charge in [0, 0.05) is 19.2 Å². The molecule has 0 radical (unpaired) electrons. The first-order chi connectivity index (χ1) is 19.3. The summed E-state index contributed by atoms with van der Waals surface area (Å²) in [7, 11) is 0. The lowest BCUT2D eigenvalue weighted by Crippen LogP contribution is -2.46. The molecule has 40 heavy (non-hydrogen) atoms. The molecule has 10 nitrogen and oxygen atoms in total. The Hall–Kier alpha value is -3.30. The van der Waals surface area contributed by atoms with Gasteiger partial charge in [-0.1, -0.05) is 84.1 Å². The van der Waals surface area contributed by atoms with Crippen molar-refractivity contribution in [3.05, 3.63) is 24.3 Å². The fourth-order valence-electron chi connectivity index (χ4n) is 3.84. The van der Waals surface area contributed by atoms with Gasteiger partial charge in [-0.15, -0.1) is 0 Å². The molecule has 226 valence electrons. The average Bonchev–Trinajstić information content (AvgIpc) is 2.92. The van der Waals surface area contributed by atoms with Gasteiger partial charge in [0.05, 0.1) is 0 Å². The van der Waals surface area contributed by atoms with Gasteiger partial charge >= 0.3 is 24.0 Å². The lowest BCUT2D eigenvalue weighted by Gasteiger charge is -2.15. The van der Waals surface area contributed by atoms with Gasteiger partial charge in [0.25, 0.3) is 0 Å². The highest BCUT2D eigenvalue weighted by Crippen LogP contribution is 2.20. The molecule has 4 N–H and O–H groups in total. The summed E-state index contributed by atoms with van der Waals surface area (Å²) in [5.74, 6) is -0.993. The summed E-state index contributed by atoms with van der Waals surface area (Å²) in [6, 6.07) is 3.42. The lowest BCUT2D eigenvalue weighted by atomic mass is 10.1. The van der Waals surface area contributed by atoms with Crippen LogP contribution in [-0.2, 0) is 9.59 Å². The molecule has 0 aliphatic rings. The molecule has 2 atom stereocenters. The number of ether oxygens (including phenoxy) is 2. The van der Waals surface area contributed by atoms with Crippen molar-refractivity contribution < 1.29 is 28.7 Å². The number of rotatable bonds is 20. The normalized spacial score (nSPS) is 12.1. The summed E-state index contributed by atoms with van der Waals surface area (Å²) in [4.78, 5) is 49.0. The number of carbonyl (C=O) groups is 4. The second-order valence-corrected chi connectivity index (χ2v) is 10.1. The molecule has 0 spiro atoms. The SMILES string of the molecule is CCCCCCCCNC(=O)N[C@@H](C)C(=O)Oc1cccc(OC(=O)[C@H](C)NC(=O)NCCCCCCCC)c1. The van der Waals surface area contributed by atoms with E-state index < -0.39 is 36.1 Å². The molecule has 10 heteroatoms. The van der Waals surface area contributed by atoms with Gasteiger partial charge in [0.2, 0.25) is 0 Å². The van der Waals surface area contributed by atoms with Crippen LogP contribution in [-0.4, -0.2) is 49.2 Å². The van der Waals surface area contributed by atoms with E-state index in [0.29, 0.717) is 13.1 Å². The molecular formula is C30H50N4O6. The number of unbranched alkanes of at least 4 members (excludes halogenated alkanes) is 10. The minimum Gasteiger partial charge on any atom is -0.425 e. The van der Waals surface area contributed by atoms with Crippen LogP contribution < -0.4 is 30.7 Å². The van der Waals surface area contributed by atoms with E-state index in [9.17, 15) is 19.2 Å². The molecule has 0 aliphatic carbocycles. The molecule has 4 amide bonds. The predicted molar refractivity (Wildman–Crippen MR) is 156 cm³/mol. The van der Waals surface area contributed by atoms with Crippen molar-refractivity contribution >= 4 is 24.0 Å². The van der Waals surface area contributed by atoms with Crippen molar-refractivity contribution in [3.8, 4) is 11.5 Å². The Balaban J connectivity index is 2.37. The number of benzene rings is 1. The zero-order valence-corrected chi connectivity index (χ0v) is 24.8. The van der Waals surface area contributed by atoms with E-state index in [4.69, 9.17) is 9.47 Å². The van der Waals surface area contributed by atoms with Gasteiger partial charge in [-0.3, -0.25) is 0 Å². The fraction of sp³-hybridized carbons (Fsp3) is 0.667. The fourth-order valence-corrected chi connectivity index (χ4v) is 3.84. The van der Waals surface area contributed by atoms with Crippen LogP contribution in [0.25, 0.3) is 0 Å². The molecule has 0 bridgehead atoms. The van der Waals surface area contributed by atoms with Gasteiger partial charge in [0.15, 0.2) is 0 Å². The summed E-state index contributed by atoms with van der Waals surface area (Å²) in [6.07, 6.45) is 13.5. The average molecular weight is 563 g/mol. The van der Waals surface area contributed by atoms with Crippen LogP contribution in [0.15, 0.2) is 24.3 Å². The topological polar surface area (TPSA) is 135 Å². The number of urea groups is 2. The Morgan fingerprint density at radius 2 is 1.00 bits per heavy atom. The van der Waals surface area contributed by atoms with Crippen molar-refractivity contribution in [3.63, 3.8) is 0 Å². The summed E-state index contributed by atoms with van der Waals surface area (Å²) in [6.45, 7) is 8.49. The quantitative estimate of drug-likeness (QED) is 0.0929. The first-order valence-corrected chi connectivity index (χ1v) is 14.9. The van der Waals surface area contributed by atoms with E-state index in [1.807, 2.05) is 0 Å². The molecule has 0 heterocycles. The first-order valence-electron chi connectivity index (χ1n) is 14.9. The molecule has 0 fully saturated rings. The number of amides is 4. The number of esters is 2. The van der Waals surface area contributed by atoms with Crippen LogP contribution in [0.5, 0.6) is 11.5 Å². The molecule has 1 aromatic rings. The zero-order chi connectivity index (χ0) is 29.6. The third-order valence-corrected chi connectivity index (χ3v) is 6.28. The summed E-state index contributed by atoms with van der Waals surface area (Å²) < 4.78 is 10.7. The second-order valence-electron chi connectivity index (χ2n) is 10.1. The van der Waals surface area contributed by atoms with Gasteiger partial charge in [-0.05, 0) is 38.8 Å². The van der Waals surface area contributed by atoms with Crippen molar-refractivity contribution in [2.75, 3.05) is 13.1 Å². The van der Waals surface area contributed by atoms with Crippen LogP contribution >= 0.6 is 0 Å². The third-order valence-electron chi connectivity index (χ3n) is 6.28. The Labute approximate surface area is 239 Å². The Morgan fingerprint density at radius 3 is 1.40 bits per heavy atom. The van der Waals surface area contributed by atoms with Crippen LogP contribution in [0.1, 0.15) is 105 Å². The summed E-state index contributed by atoms with van der Waals surface area (Å²) in [5.41, 5.74) is 0. The second kappa shape index (κ2) is 21.5. The van der Waals surface area contributed by atoms with Crippen molar-refractivity contribution in [1.29, 1.82) is 0 Å². The van der Waals surface area contributed by atoms with E-state index in [2.05, 4.69) is 35.1 Å². The largest absolute Gasteiger partial charge is 0.425 e. The summed E-state index contributed by atoms with van der Waals surface area (Å²) in [5, 5.41) is 10.6. The molecule has 0 aromatic heterocycles. The van der Waals surface area contributed by atoms with Crippen LogP contribution in [0.4, 0.5) is 9.59 Å². The van der Waals surface area contributed by atoms with Gasteiger partial charge < -0.3 is 30.7 Å². The smallest absolute Gasteiger partial charge is 0.333 e. The van der Waals surface area contributed by atoms with Crippen molar-refractivity contribution in [2.24, 2.45) is 0 Å². The van der Waals surface area contributed by atoms with E-state index in [1.54, 1.807) is 6.07 Å². The highest BCUT2D eigenvalue weighted by molar-refractivity contribution is 5.85. The molecule has 0 unspecified atom stereocenters. The minimum atomic E-state index is -0.880. The van der Waals surface area contributed by atoms with Gasteiger partial charge in [-0.2, -0.15) is 0 Å².